The number of rotatable bonds is 10. The molecule has 41 heavy (non-hydrogen) atoms. The summed E-state index contributed by atoms with van der Waals surface area (Å²) in [4.78, 5) is 27.5. The number of hydrogen-bond acceptors (Lipinski definition) is 7. The molecule has 0 saturated heterocycles. The number of hydrogen-bond donors (Lipinski definition) is 4. The molecule has 0 aliphatic heterocycles. The summed E-state index contributed by atoms with van der Waals surface area (Å²) in [7, 11) is 1.47. The van der Waals surface area contributed by atoms with Crippen LogP contribution in [0.15, 0.2) is 72.9 Å². The van der Waals surface area contributed by atoms with Crippen molar-refractivity contribution in [2.24, 2.45) is 5.73 Å². The lowest BCUT2D eigenvalue weighted by Gasteiger charge is -2.15. The molecule has 0 radical (unpaired) electrons. The molecule has 3 aromatic carbocycles. The van der Waals surface area contributed by atoms with Crippen LogP contribution in [0.3, 0.4) is 0 Å². The first-order chi connectivity index (χ1) is 19.5. The van der Waals surface area contributed by atoms with Crippen LogP contribution in [0.5, 0.6) is 23.0 Å². The number of aliphatic carboxylic acids is 1. The summed E-state index contributed by atoms with van der Waals surface area (Å²) < 4.78 is 55.3. The molecule has 5 N–H and O–H groups in total. The fraction of sp³-hybridized carbons (Fsp3) is 0.179. The topological polar surface area (TPSA) is 145 Å². The molecule has 1 heterocycles. The van der Waals surface area contributed by atoms with E-state index in [9.17, 15) is 22.8 Å². The van der Waals surface area contributed by atoms with Crippen molar-refractivity contribution in [1.29, 1.82) is 0 Å². The van der Waals surface area contributed by atoms with E-state index in [1.807, 2.05) is 0 Å². The van der Waals surface area contributed by atoms with Crippen LogP contribution in [-0.4, -0.2) is 41.8 Å². The standard InChI is InChI=1S/C28H25F3N4O6/c1-39-24-14-20-22(15-25(24)40-13-11-21(32)26(36)37)33-12-10-23(20)41-19-8-6-18(7-9-19)35-27(38)34-17-4-2-16(3-5-17)28(29,30)31/h2-10,12,14-15,21H,11,13,32H2,1H3,(H,36,37)(H2,34,35,38). The number of nitrogens with zero attached hydrogens (tertiary/aromatic N) is 1. The number of methoxy groups -OCH3 is 1. The fourth-order valence-corrected chi connectivity index (χ4v) is 3.68. The van der Waals surface area contributed by atoms with Gasteiger partial charge in [0.25, 0.3) is 0 Å². The molecule has 1 unspecified atom stereocenters. The van der Waals surface area contributed by atoms with Crippen LogP contribution in [0.2, 0.25) is 0 Å². The number of amides is 2. The van der Waals surface area contributed by atoms with Crippen LogP contribution in [0, 0.1) is 0 Å². The number of fused-ring (bicyclic) bond motifs is 1. The molecule has 0 aliphatic rings. The number of aromatic nitrogens is 1. The molecule has 13 heteroatoms. The van der Waals surface area contributed by atoms with Gasteiger partial charge in [0.2, 0.25) is 0 Å². The lowest BCUT2D eigenvalue weighted by atomic mass is 10.1. The summed E-state index contributed by atoms with van der Waals surface area (Å²) in [6.45, 7) is 0.0638. The van der Waals surface area contributed by atoms with E-state index in [1.165, 1.54) is 7.11 Å². The van der Waals surface area contributed by atoms with Crippen LogP contribution < -0.4 is 30.6 Å². The minimum absolute atomic E-state index is 0.0638. The van der Waals surface area contributed by atoms with E-state index in [0.717, 1.165) is 24.3 Å². The minimum atomic E-state index is -4.46. The molecule has 0 spiro atoms. The molecule has 214 valence electrons. The van der Waals surface area contributed by atoms with Gasteiger partial charge in [-0.05, 0) is 60.7 Å². The molecular formula is C28H25F3N4O6. The number of urea groups is 1. The van der Waals surface area contributed by atoms with E-state index < -0.39 is 29.8 Å². The Morgan fingerprint density at radius 3 is 2.17 bits per heavy atom. The monoisotopic (exact) mass is 570 g/mol. The zero-order valence-corrected chi connectivity index (χ0v) is 21.6. The number of carbonyl (C=O) groups excluding carboxylic acids is 1. The minimum Gasteiger partial charge on any atom is -0.493 e. The molecule has 4 aromatic rings. The van der Waals surface area contributed by atoms with Gasteiger partial charge in [-0.25, -0.2) is 4.79 Å². The number of carboxylic acids is 1. The molecular weight excluding hydrogens is 545 g/mol. The molecule has 2 amide bonds. The average molecular weight is 571 g/mol. The second kappa shape index (κ2) is 12.4. The fourth-order valence-electron chi connectivity index (χ4n) is 3.68. The number of carboxylic acid groups (broad SMARTS) is 1. The van der Waals surface area contributed by atoms with Crippen molar-refractivity contribution in [3.63, 3.8) is 0 Å². The Balaban J connectivity index is 1.41. The summed E-state index contributed by atoms with van der Waals surface area (Å²) in [5.74, 6) is 0.555. The molecule has 0 bridgehead atoms. The van der Waals surface area contributed by atoms with Crippen LogP contribution >= 0.6 is 0 Å². The highest BCUT2D eigenvalue weighted by Crippen LogP contribution is 2.37. The second-order valence-corrected chi connectivity index (χ2v) is 8.69. The van der Waals surface area contributed by atoms with E-state index in [1.54, 1.807) is 48.7 Å². The Bertz CT molecular complexity index is 1530. The largest absolute Gasteiger partial charge is 0.493 e. The van der Waals surface area contributed by atoms with E-state index in [4.69, 9.17) is 25.1 Å². The Morgan fingerprint density at radius 2 is 1.59 bits per heavy atom. The zero-order chi connectivity index (χ0) is 29.6. The zero-order valence-electron chi connectivity index (χ0n) is 21.6. The number of nitrogens with one attached hydrogen (secondary N) is 2. The third-order valence-corrected chi connectivity index (χ3v) is 5.80. The number of carbonyl (C=O) groups is 2. The Hall–Kier alpha value is -5.04. The summed E-state index contributed by atoms with van der Waals surface area (Å²) in [6.07, 6.45) is -2.80. The van der Waals surface area contributed by atoms with Crippen molar-refractivity contribution < 1.29 is 42.1 Å². The Labute approximate surface area is 231 Å². The first-order valence-corrected chi connectivity index (χ1v) is 12.1. The molecule has 0 saturated carbocycles. The van der Waals surface area contributed by atoms with Crippen molar-refractivity contribution in [3.05, 3.63) is 78.5 Å². The Kier molecular flexibility index (Phi) is 8.78. The number of nitrogens with two attached hydrogens (primary N) is 1. The average Bonchev–Trinajstić information content (AvgIpc) is 2.93. The molecule has 0 aliphatic carbocycles. The summed E-state index contributed by atoms with van der Waals surface area (Å²) >= 11 is 0. The molecule has 1 atom stereocenters. The van der Waals surface area contributed by atoms with Crippen LogP contribution in [0.25, 0.3) is 10.9 Å². The van der Waals surface area contributed by atoms with Crippen LogP contribution in [-0.2, 0) is 11.0 Å². The van der Waals surface area contributed by atoms with Gasteiger partial charge in [-0.15, -0.1) is 0 Å². The van der Waals surface area contributed by atoms with Crippen LogP contribution in [0.1, 0.15) is 12.0 Å². The number of pyridine rings is 1. The summed E-state index contributed by atoms with van der Waals surface area (Å²) in [6, 6.07) is 13.9. The van der Waals surface area contributed by atoms with Gasteiger partial charge in [0.15, 0.2) is 11.5 Å². The maximum atomic E-state index is 12.7. The van der Waals surface area contributed by atoms with Gasteiger partial charge in [0.1, 0.15) is 17.5 Å². The van der Waals surface area contributed by atoms with E-state index in [0.29, 0.717) is 39.6 Å². The summed E-state index contributed by atoms with van der Waals surface area (Å²) in [5.41, 5.74) is 5.87. The van der Waals surface area contributed by atoms with E-state index >= 15 is 0 Å². The first-order valence-electron chi connectivity index (χ1n) is 12.1. The van der Waals surface area contributed by atoms with Crippen molar-refractivity contribution in [1.82, 2.24) is 4.98 Å². The normalized spacial score (nSPS) is 11.9. The van der Waals surface area contributed by atoms with Gasteiger partial charge in [-0.3, -0.25) is 9.78 Å². The SMILES string of the molecule is COc1cc2c(Oc3ccc(NC(=O)Nc4ccc(C(F)(F)F)cc4)cc3)ccnc2cc1OCCC(N)C(=O)O. The molecule has 10 nitrogen and oxygen atoms in total. The molecule has 1 aromatic heterocycles. The second-order valence-electron chi connectivity index (χ2n) is 8.69. The lowest BCUT2D eigenvalue weighted by molar-refractivity contribution is -0.139. The smallest absolute Gasteiger partial charge is 0.416 e. The maximum absolute atomic E-state index is 12.7. The Morgan fingerprint density at radius 1 is 0.951 bits per heavy atom. The number of halogens is 3. The van der Waals surface area contributed by atoms with Gasteiger partial charge in [0, 0.05) is 35.4 Å². The highest BCUT2D eigenvalue weighted by Gasteiger charge is 2.30. The van der Waals surface area contributed by atoms with Crippen molar-refractivity contribution >= 4 is 34.3 Å². The first kappa shape index (κ1) is 29.0. The predicted molar refractivity (Wildman–Crippen MR) is 145 cm³/mol. The van der Waals surface area contributed by atoms with Gasteiger partial charge >= 0.3 is 18.2 Å². The third-order valence-electron chi connectivity index (χ3n) is 5.80. The number of ether oxygens (including phenoxy) is 3. The summed E-state index contributed by atoms with van der Waals surface area (Å²) in [5, 5.41) is 14.6. The van der Waals surface area contributed by atoms with Gasteiger partial charge in [-0.1, -0.05) is 0 Å². The van der Waals surface area contributed by atoms with Crippen molar-refractivity contribution in [3.8, 4) is 23.0 Å². The molecule has 4 rings (SSSR count). The van der Waals surface area contributed by atoms with Gasteiger partial charge < -0.3 is 35.7 Å². The highest BCUT2D eigenvalue weighted by atomic mass is 19.4. The number of benzene rings is 3. The molecule has 0 fully saturated rings. The van der Waals surface area contributed by atoms with E-state index in [2.05, 4.69) is 15.6 Å². The van der Waals surface area contributed by atoms with Gasteiger partial charge in [-0.2, -0.15) is 13.2 Å². The third kappa shape index (κ3) is 7.54. The van der Waals surface area contributed by atoms with Crippen molar-refractivity contribution in [2.75, 3.05) is 24.4 Å². The van der Waals surface area contributed by atoms with E-state index in [-0.39, 0.29) is 18.7 Å². The highest BCUT2D eigenvalue weighted by molar-refractivity contribution is 5.99. The lowest BCUT2D eigenvalue weighted by Crippen LogP contribution is -2.31. The van der Waals surface area contributed by atoms with Gasteiger partial charge in [0.05, 0.1) is 24.8 Å². The maximum Gasteiger partial charge on any atom is 0.416 e. The van der Waals surface area contributed by atoms with Crippen LogP contribution in [0.4, 0.5) is 29.3 Å². The van der Waals surface area contributed by atoms with Crippen molar-refractivity contribution in [2.45, 2.75) is 18.6 Å². The quantitative estimate of drug-likeness (QED) is 0.185. The predicted octanol–water partition coefficient (Wildman–Crippen LogP) is 5.88. The number of anilines is 2. The number of alkyl halides is 3.